The molecule has 5 heteroatoms. The molecule has 3 rings (SSSR count). The van der Waals surface area contributed by atoms with Gasteiger partial charge in [-0.15, -0.1) is 0 Å². The molecule has 0 atom stereocenters. The first-order valence-corrected chi connectivity index (χ1v) is 7.04. The number of nitrogens with one attached hydrogen (secondary N) is 1. The summed E-state index contributed by atoms with van der Waals surface area (Å²) >= 11 is 0. The highest BCUT2D eigenvalue weighted by atomic mass is 16.5. The standard InChI is InChI=1S/C13H22N4O/c1-17-13(11-2-6-14-7-3-11)15-12(16-17)10-4-8-18-9-5-10/h10-11,14H,2-9H2,1H3. The van der Waals surface area contributed by atoms with Crippen LogP contribution in [0.1, 0.15) is 49.2 Å². The topological polar surface area (TPSA) is 52.0 Å². The Hall–Kier alpha value is -0.940. The van der Waals surface area contributed by atoms with Crippen LogP contribution in [0.15, 0.2) is 0 Å². The van der Waals surface area contributed by atoms with Crippen molar-refractivity contribution in [3.05, 3.63) is 11.6 Å². The monoisotopic (exact) mass is 250 g/mol. The molecule has 100 valence electrons. The third kappa shape index (κ3) is 2.42. The molecule has 0 spiro atoms. The number of nitrogens with zero attached hydrogens (tertiary/aromatic N) is 3. The first kappa shape index (κ1) is 12.1. The second-order valence-corrected chi connectivity index (χ2v) is 5.36. The summed E-state index contributed by atoms with van der Waals surface area (Å²) in [6.07, 6.45) is 4.49. The Bertz CT molecular complexity index is 392. The SMILES string of the molecule is Cn1nc(C2CCOCC2)nc1C1CCNCC1. The minimum Gasteiger partial charge on any atom is -0.381 e. The summed E-state index contributed by atoms with van der Waals surface area (Å²) in [6.45, 7) is 3.91. The molecule has 2 saturated heterocycles. The largest absolute Gasteiger partial charge is 0.381 e. The summed E-state index contributed by atoms with van der Waals surface area (Å²) in [6, 6.07) is 0. The van der Waals surface area contributed by atoms with Crippen LogP contribution in [-0.2, 0) is 11.8 Å². The molecular weight excluding hydrogens is 228 g/mol. The average molecular weight is 250 g/mol. The van der Waals surface area contributed by atoms with Gasteiger partial charge in [-0.05, 0) is 38.8 Å². The van der Waals surface area contributed by atoms with E-state index in [4.69, 9.17) is 9.72 Å². The van der Waals surface area contributed by atoms with Gasteiger partial charge in [-0.3, -0.25) is 4.68 Å². The summed E-state index contributed by atoms with van der Waals surface area (Å²) < 4.78 is 7.40. The third-order valence-electron chi connectivity index (χ3n) is 4.10. The van der Waals surface area contributed by atoms with Gasteiger partial charge < -0.3 is 10.1 Å². The zero-order chi connectivity index (χ0) is 12.4. The molecule has 0 radical (unpaired) electrons. The van der Waals surface area contributed by atoms with Gasteiger partial charge in [-0.2, -0.15) is 5.10 Å². The fraction of sp³-hybridized carbons (Fsp3) is 0.846. The van der Waals surface area contributed by atoms with Crippen molar-refractivity contribution in [2.45, 2.75) is 37.5 Å². The van der Waals surface area contributed by atoms with Gasteiger partial charge in [0.15, 0.2) is 5.82 Å². The molecule has 2 fully saturated rings. The molecule has 0 saturated carbocycles. The van der Waals surface area contributed by atoms with E-state index in [0.29, 0.717) is 11.8 Å². The summed E-state index contributed by atoms with van der Waals surface area (Å²) in [7, 11) is 2.03. The van der Waals surface area contributed by atoms with Crippen LogP contribution in [0.3, 0.4) is 0 Å². The van der Waals surface area contributed by atoms with Crippen molar-refractivity contribution in [3.63, 3.8) is 0 Å². The van der Waals surface area contributed by atoms with Gasteiger partial charge in [0.25, 0.3) is 0 Å². The normalized spacial score (nSPS) is 23.4. The van der Waals surface area contributed by atoms with Crippen molar-refractivity contribution in [1.82, 2.24) is 20.1 Å². The van der Waals surface area contributed by atoms with E-state index in [1.165, 1.54) is 18.7 Å². The molecule has 3 heterocycles. The average Bonchev–Trinajstić information content (AvgIpc) is 2.83. The Morgan fingerprint density at radius 3 is 2.56 bits per heavy atom. The van der Waals surface area contributed by atoms with E-state index >= 15 is 0 Å². The van der Waals surface area contributed by atoms with Crippen LogP contribution in [0, 0.1) is 0 Å². The predicted molar refractivity (Wildman–Crippen MR) is 68.6 cm³/mol. The summed E-state index contributed by atoms with van der Waals surface area (Å²) in [5, 5.41) is 8.04. The number of rotatable bonds is 2. The quantitative estimate of drug-likeness (QED) is 0.856. The second-order valence-electron chi connectivity index (χ2n) is 5.36. The molecule has 5 nitrogen and oxygen atoms in total. The molecule has 2 aliphatic heterocycles. The van der Waals surface area contributed by atoms with Crippen molar-refractivity contribution in [3.8, 4) is 0 Å². The highest BCUT2D eigenvalue weighted by Gasteiger charge is 2.25. The first-order chi connectivity index (χ1) is 8.84. The molecule has 2 aliphatic rings. The molecule has 1 aromatic heterocycles. The Morgan fingerprint density at radius 2 is 1.83 bits per heavy atom. The van der Waals surface area contributed by atoms with Gasteiger partial charge in [0.1, 0.15) is 5.82 Å². The maximum absolute atomic E-state index is 5.40. The molecule has 18 heavy (non-hydrogen) atoms. The number of piperidine rings is 1. The van der Waals surface area contributed by atoms with Crippen molar-refractivity contribution in [2.24, 2.45) is 7.05 Å². The number of hydrogen-bond donors (Lipinski definition) is 1. The third-order valence-corrected chi connectivity index (χ3v) is 4.10. The van der Waals surface area contributed by atoms with E-state index in [0.717, 1.165) is 45.0 Å². The van der Waals surface area contributed by atoms with Crippen molar-refractivity contribution in [2.75, 3.05) is 26.3 Å². The molecule has 0 bridgehead atoms. The zero-order valence-corrected chi connectivity index (χ0v) is 11.1. The fourth-order valence-electron chi connectivity index (χ4n) is 2.98. The van der Waals surface area contributed by atoms with Gasteiger partial charge in [-0.25, -0.2) is 4.98 Å². The van der Waals surface area contributed by atoms with Gasteiger partial charge in [0.2, 0.25) is 0 Å². The maximum atomic E-state index is 5.40. The van der Waals surface area contributed by atoms with Gasteiger partial charge >= 0.3 is 0 Å². The predicted octanol–water partition coefficient (Wildman–Crippen LogP) is 1.18. The van der Waals surface area contributed by atoms with E-state index < -0.39 is 0 Å². The lowest BCUT2D eigenvalue weighted by Gasteiger charge is -2.21. The number of hydrogen-bond acceptors (Lipinski definition) is 4. The van der Waals surface area contributed by atoms with Crippen LogP contribution in [0.5, 0.6) is 0 Å². The molecular formula is C13H22N4O. The molecule has 0 amide bonds. The lowest BCUT2D eigenvalue weighted by atomic mass is 9.97. The Kier molecular flexibility index (Phi) is 3.61. The molecule has 0 unspecified atom stereocenters. The van der Waals surface area contributed by atoms with Crippen molar-refractivity contribution in [1.29, 1.82) is 0 Å². The van der Waals surface area contributed by atoms with Crippen molar-refractivity contribution < 1.29 is 4.74 Å². The highest BCUT2D eigenvalue weighted by Crippen LogP contribution is 2.28. The minimum atomic E-state index is 0.500. The Labute approximate surface area is 108 Å². The summed E-state index contributed by atoms with van der Waals surface area (Å²) in [4.78, 5) is 4.83. The fourth-order valence-corrected chi connectivity index (χ4v) is 2.98. The van der Waals surface area contributed by atoms with Gasteiger partial charge in [-0.1, -0.05) is 0 Å². The first-order valence-electron chi connectivity index (χ1n) is 7.04. The number of aryl methyl sites for hydroxylation is 1. The lowest BCUT2D eigenvalue weighted by Crippen LogP contribution is -2.28. The maximum Gasteiger partial charge on any atom is 0.154 e. The number of aromatic nitrogens is 3. The Balaban J connectivity index is 1.76. The van der Waals surface area contributed by atoms with Crippen LogP contribution in [0.2, 0.25) is 0 Å². The molecule has 1 N–H and O–H groups in total. The van der Waals surface area contributed by atoms with Crippen LogP contribution in [0.4, 0.5) is 0 Å². The second kappa shape index (κ2) is 5.36. The van der Waals surface area contributed by atoms with E-state index in [2.05, 4.69) is 10.4 Å². The highest BCUT2D eigenvalue weighted by molar-refractivity contribution is 5.05. The number of ether oxygens (including phenoxy) is 1. The lowest BCUT2D eigenvalue weighted by molar-refractivity contribution is 0.0835. The van der Waals surface area contributed by atoms with Crippen LogP contribution in [-0.4, -0.2) is 41.1 Å². The van der Waals surface area contributed by atoms with E-state index in [1.807, 2.05) is 11.7 Å². The van der Waals surface area contributed by atoms with Gasteiger partial charge in [0, 0.05) is 32.1 Å². The van der Waals surface area contributed by atoms with Gasteiger partial charge in [0.05, 0.1) is 0 Å². The molecule has 0 aromatic carbocycles. The van der Waals surface area contributed by atoms with Crippen LogP contribution in [0.25, 0.3) is 0 Å². The molecule has 0 aliphatic carbocycles. The van der Waals surface area contributed by atoms with E-state index in [-0.39, 0.29) is 0 Å². The van der Waals surface area contributed by atoms with E-state index in [1.54, 1.807) is 0 Å². The summed E-state index contributed by atoms with van der Waals surface area (Å²) in [5.41, 5.74) is 0. The Morgan fingerprint density at radius 1 is 1.11 bits per heavy atom. The smallest absolute Gasteiger partial charge is 0.154 e. The van der Waals surface area contributed by atoms with Crippen LogP contribution >= 0.6 is 0 Å². The molecule has 1 aromatic rings. The minimum absolute atomic E-state index is 0.500. The van der Waals surface area contributed by atoms with E-state index in [9.17, 15) is 0 Å². The zero-order valence-electron chi connectivity index (χ0n) is 11.1. The van der Waals surface area contributed by atoms with Crippen LogP contribution < -0.4 is 5.32 Å². The summed E-state index contributed by atoms with van der Waals surface area (Å²) in [5.74, 6) is 3.30. The van der Waals surface area contributed by atoms with Crippen molar-refractivity contribution >= 4 is 0 Å².